The van der Waals surface area contributed by atoms with E-state index in [1.165, 1.54) is 6.92 Å². The fourth-order valence-electron chi connectivity index (χ4n) is 2.42. The van der Waals surface area contributed by atoms with Crippen LogP contribution in [0.2, 0.25) is 0 Å². The second-order valence-corrected chi connectivity index (χ2v) is 11.1. The number of ether oxygens (including phenoxy) is 4. The summed E-state index contributed by atoms with van der Waals surface area (Å²) >= 11 is 0. The lowest BCUT2D eigenvalue weighted by atomic mass is 10.0. The average Bonchev–Trinajstić information content (AvgIpc) is 2.61. The van der Waals surface area contributed by atoms with Crippen molar-refractivity contribution < 1.29 is 41.1 Å². The summed E-state index contributed by atoms with van der Waals surface area (Å²) in [4.78, 5) is 23.3. The summed E-state index contributed by atoms with van der Waals surface area (Å²) in [5, 5.41) is 3.28. The maximum Gasteiger partial charge on any atom is 0.509 e. The van der Waals surface area contributed by atoms with E-state index in [1.807, 2.05) is 20.8 Å². The van der Waals surface area contributed by atoms with Crippen LogP contribution in [0.3, 0.4) is 0 Å². The summed E-state index contributed by atoms with van der Waals surface area (Å²) in [6.45, 7) is 11.9. The summed E-state index contributed by atoms with van der Waals surface area (Å²) in [5.74, 6) is -0.275. The van der Waals surface area contributed by atoms with E-state index >= 15 is 0 Å². The Labute approximate surface area is 196 Å². The van der Waals surface area contributed by atoms with Crippen molar-refractivity contribution in [2.75, 3.05) is 19.6 Å². The third-order valence-electron chi connectivity index (χ3n) is 3.81. The Morgan fingerprint density at radius 2 is 1.73 bits per heavy atom. The van der Waals surface area contributed by atoms with Gasteiger partial charge in [0, 0.05) is 24.6 Å². The summed E-state index contributed by atoms with van der Waals surface area (Å²) < 4.78 is 49.0. The lowest BCUT2D eigenvalue weighted by Gasteiger charge is -2.27. The molecule has 0 aliphatic carbocycles. The molecule has 0 radical (unpaired) electrons. The predicted octanol–water partition coefficient (Wildman–Crippen LogP) is 3.44. The summed E-state index contributed by atoms with van der Waals surface area (Å²) in [5.41, 5.74) is -0.0736. The van der Waals surface area contributed by atoms with Crippen molar-refractivity contribution in [1.29, 1.82) is 0 Å². The molecule has 0 bridgehead atoms. The highest BCUT2D eigenvalue weighted by atomic mass is 32.2. The first-order valence-electron chi connectivity index (χ1n) is 10.3. The zero-order valence-corrected chi connectivity index (χ0v) is 21.3. The third-order valence-corrected chi connectivity index (χ3v) is 4.35. The van der Waals surface area contributed by atoms with Gasteiger partial charge < -0.3 is 24.3 Å². The third kappa shape index (κ3) is 13.1. The highest BCUT2D eigenvalue weighted by Crippen LogP contribution is 2.28. The predicted molar refractivity (Wildman–Crippen MR) is 121 cm³/mol. The summed E-state index contributed by atoms with van der Waals surface area (Å²) in [6, 6.07) is 4.82. The molecule has 1 aromatic carbocycles. The number of carbonyl (C=O) groups excluding carboxylic acids is 2. The molecule has 11 heteroatoms. The number of rotatable bonds is 10. The number of nitrogens with one attached hydrogen (secondary N) is 1. The minimum absolute atomic E-state index is 0.253. The van der Waals surface area contributed by atoms with Crippen LogP contribution in [0.25, 0.3) is 0 Å². The van der Waals surface area contributed by atoms with Crippen molar-refractivity contribution in [2.45, 2.75) is 72.3 Å². The van der Waals surface area contributed by atoms with Gasteiger partial charge in [0.05, 0.1) is 12.9 Å². The van der Waals surface area contributed by atoms with E-state index < -0.39 is 33.9 Å². The number of hydrogen-bond donors (Lipinski definition) is 1. The second kappa shape index (κ2) is 11.7. The molecule has 0 saturated heterocycles. The van der Waals surface area contributed by atoms with Gasteiger partial charge in [-0.15, -0.1) is 0 Å². The molecule has 1 aromatic rings. The van der Waals surface area contributed by atoms with Crippen LogP contribution >= 0.6 is 0 Å². The van der Waals surface area contributed by atoms with E-state index in [9.17, 15) is 18.0 Å². The van der Waals surface area contributed by atoms with Crippen molar-refractivity contribution in [3.8, 4) is 5.75 Å². The standard InChI is InChI=1S/C22H35NO9S/c1-15(24)28-14-29-18-10-9-16(11-17(18)13-30-33(8,26)27)19(12-23-21(2,3)4)31-20(25)32-22(5,6)7/h9-11,19,23H,12-14H2,1-8H3. The first-order chi connectivity index (χ1) is 15.0. The first kappa shape index (κ1) is 28.7. The Morgan fingerprint density at radius 1 is 1.09 bits per heavy atom. The van der Waals surface area contributed by atoms with Crippen LogP contribution in [0.4, 0.5) is 4.79 Å². The Hall–Kier alpha value is -2.37. The largest absolute Gasteiger partial charge is 0.509 e. The van der Waals surface area contributed by atoms with E-state index in [1.54, 1.807) is 39.0 Å². The van der Waals surface area contributed by atoms with E-state index in [-0.39, 0.29) is 31.2 Å². The normalized spacial score (nSPS) is 13.2. The fourth-order valence-corrected chi connectivity index (χ4v) is 2.76. The van der Waals surface area contributed by atoms with Gasteiger partial charge in [-0.2, -0.15) is 8.42 Å². The molecular formula is C22H35NO9S. The number of hydrogen-bond acceptors (Lipinski definition) is 10. The molecule has 0 aliphatic heterocycles. The van der Waals surface area contributed by atoms with Gasteiger partial charge in [-0.1, -0.05) is 6.07 Å². The molecule has 0 spiro atoms. The first-order valence-corrected chi connectivity index (χ1v) is 12.1. The van der Waals surface area contributed by atoms with Crippen LogP contribution in [-0.4, -0.2) is 51.3 Å². The Balaban J connectivity index is 3.23. The van der Waals surface area contributed by atoms with Crippen molar-refractivity contribution in [3.05, 3.63) is 29.3 Å². The molecule has 1 N–H and O–H groups in total. The van der Waals surface area contributed by atoms with E-state index in [0.29, 0.717) is 11.1 Å². The maximum atomic E-state index is 12.3. The van der Waals surface area contributed by atoms with Gasteiger partial charge in [-0.3, -0.25) is 8.98 Å². The average molecular weight is 490 g/mol. The fraction of sp³-hybridized carbons (Fsp3) is 0.636. The zero-order valence-electron chi connectivity index (χ0n) is 20.5. The van der Waals surface area contributed by atoms with Gasteiger partial charge in [-0.25, -0.2) is 4.79 Å². The molecule has 0 aromatic heterocycles. The van der Waals surface area contributed by atoms with Gasteiger partial charge >= 0.3 is 12.1 Å². The van der Waals surface area contributed by atoms with Crippen molar-refractivity contribution >= 4 is 22.2 Å². The minimum atomic E-state index is -3.73. The van der Waals surface area contributed by atoms with Crippen LogP contribution in [-0.2, 0) is 39.9 Å². The van der Waals surface area contributed by atoms with Crippen LogP contribution in [0.15, 0.2) is 18.2 Å². The molecule has 1 atom stereocenters. The monoisotopic (exact) mass is 489 g/mol. The summed E-state index contributed by atoms with van der Waals surface area (Å²) in [7, 11) is -3.73. The molecule has 0 amide bonds. The Bertz CT molecular complexity index is 915. The van der Waals surface area contributed by atoms with Crippen molar-refractivity contribution in [1.82, 2.24) is 5.32 Å². The molecule has 33 heavy (non-hydrogen) atoms. The zero-order chi connectivity index (χ0) is 25.4. The van der Waals surface area contributed by atoms with Crippen LogP contribution < -0.4 is 10.1 Å². The van der Waals surface area contributed by atoms with Gasteiger partial charge in [0.1, 0.15) is 17.5 Å². The van der Waals surface area contributed by atoms with Gasteiger partial charge in [0.15, 0.2) is 0 Å². The highest BCUT2D eigenvalue weighted by Gasteiger charge is 2.25. The molecule has 10 nitrogen and oxygen atoms in total. The quantitative estimate of drug-likeness (QED) is 0.297. The molecule has 0 fully saturated rings. The molecular weight excluding hydrogens is 454 g/mol. The number of esters is 1. The Kier molecular flexibility index (Phi) is 10.1. The molecule has 188 valence electrons. The molecule has 0 aliphatic rings. The molecule has 1 unspecified atom stereocenters. The van der Waals surface area contributed by atoms with E-state index in [4.69, 9.17) is 23.1 Å². The van der Waals surface area contributed by atoms with Gasteiger partial charge in [-0.05, 0) is 59.2 Å². The van der Waals surface area contributed by atoms with Gasteiger partial charge in [0.2, 0.25) is 6.79 Å². The van der Waals surface area contributed by atoms with Crippen LogP contribution in [0.5, 0.6) is 5.75 Å². The van der Waals surface area contributed by atoms with Gasteiger partial charge in [0.25, 0.3) is 10.1 Å². The summed E-state index contributed by atoms with van der Waals surface area (Å²) in [6.07, 6.45) is -0.663. The highest BCUT2D eigenvalue weighted by molar-refractivity contribution is 7.85. The maximum absolute atomic E-state index is 12.3. The van der Waals surface area contributed by atoms with Crippen LogP contribution in [0, 0.1) is 0 Å². The van der Waals surface area contributed by atoms with Crippen molar-refractivity contribution in [2.24, 2.45) is 0 Å². The lowest BCUT2D eigenvalue weighted by Crippen LogP contribution is -2.39. The minimum Gasteiger partial charge on any atom is -0.457 e. The number of carbonyl (C=O) groups is 2. The SMILES string of the molecule is CC(=O)OCOc1ccc(C(CNC(C)(C)C)OC(=O)OC(C)(C)C)cc1COS(C)(=O)=O. The van der Waals surface area contributed by atoms with Crippen LogP contribution in [0.1, 0.15) is 65.7 Å². The Morgan fingerprint density at radius 3 is 2.24 bits per heavy atom. The topological polar surface area (TPSA) is 126 Å². The lowest BCUT2D eigenvalue weighted by molar-refractivity contribution is -0.147. The van der Waals surface area contributed by atoms with E-state index in [2.05, 4.69) is 5.32 Å². The van der Waals surface area contributed by atoms with Crippen molar-refractivity contribution in [3.63, 3.8) is 0 Å². The molecule has 1 rings (SSSR count). The van der Waals surface area contributed by atoms with E-state index in [0.717, 1.165) is 6.26 Å². The molecule has 0 saturated carbocycles. The smallest absolute Gasteiger partial charge is 0.457 e. The molecule has 0 heterocycles. The number of benzene rings is 1. The second-order valence-electron chi connectivity index (χ2n) is 9.43.